The molecule has 0 bridgehead atoms. The standard InChI is InChI=1S/C12H22N4O.ClH/c1-8-10(9(2)16-15-8)6-13-7-11(17)14-12(3,4)5;/h13H,6-7H2,1-5H3,(H,14,17)(H,15,16);1H. The van der Waals surface area contributed by atoms with Gasteiger partial charge in [0.15, 0.2) is 0 Å². The third kappa shape index (κ3) is 5.51. The molecule has 18 heavy (non-hydrogen) atoms. The van der Waals surface area contributed by atoms with Crippen LogP contribution in [0.25, 0.3) is 0 Å². The zero-order valence-electron chi connectivity index (χ0n) is 11.7. The Balaban J connectivity index is 0.00000289. The zero-order chi connectivity index (χ0) is 13.1. The first-order chi connectivity index (χ1) is 7.79. The van der Waals surface area contributed by atoms with Crippen LogP contribution in [0.2, 0.25) is 0 Å². The van der Waals surface area contributed by atoms with Crippen molar-refractivity contribution in [2.75, 3.05) is 6.54 Å². The topological polar surface area (TPSA) is 69.8 Å². The van der Waals surface area contributed by atoms with Crippen molar-refractivity contribution < 1.29 is 4.79 Å². The van der Waals surface area contributed by atoms with E-state index in [1.807, 2.05) is 34.6 Å². The number of nitrogens with zero attached hydrogens (tertiary/aromatic N) is 1. The van der Waals surface area contributed by atoms with Gasteiger partial charge in [0.25, 0.3) is 0 Å². The van der Waals surface area contributed by atoms with Gasteiger partial charge in [-0.1, -0.05) is 0 Å². The van der Waals surface area contributed by atoms with Crippen LogP contribution in [0.3, 0.4) is 0 Å². The Morgan fingerprint density at radius 3 is 2.39 bits per heavy atom. The predicted octanol–water partition coefficient (Wildman–Crippen LogP) is 1.45. The molecule has 1 heterocycles. The first-order valence-corrected chi connectivity index (χ1v) is 5.82. The van der Waals surface area contributed by atoms with E-state index < -0.39 is 0 Å². The molecule has 0 aliphatic heterocycles. The summed E-state index contributed by atoms with van der Waals surface area (Å²) in [5, 5.41) is 13.1. The molecule has 6 heteroatoms. The highest BCUT2D eigenvalue weighted by molar-refractivity contribution is 5.85. The number of aromatic nitrogens is 2. The van der Waals surface area contributed by atoms with Crippen LogP contribution in [0.4, 0.5) is 0 Å². The lowest BCUT2D eigenvalue weighted by Gasteiger charge is -2.20. The van der Waals surface area contributed by atoms with Crippen molar-refractivity contribution >= 4 is 18.3 Å². The summed E-state index contributed by atoms with van der Waals surface area (Å²) in [7, 11) is 0. The van der Waals surface area contributed by atoms with Crippen molar-refractivity contribution in [3.63, 3.8) is 0 Å². The molecule has 5 nitrogen and oxygen atoms in total. The molecule has 104 valence electrons. The quantitative estimate of drug-likeness (QED) is 0.778. The number of halogens is 1. The number of hydrogen-bond donors (Lipinski definition) is 3. The second-order valence-corrected chi connectivity index (χ2v) is 5.31. The molecule has 0 unspecified atom stereocenters. The summed E-state index contributed by atoms with van der Waals surface area (Å²) in [5.74, 6) is 0.0105. The van der Waals surface area contributed by atoms with Crippen LogP contribution in [0.1, 0.15) is 37.7 Å². The fraction of sp³-hybridized carbons (Fsp3) is 0.667. The van der Waals surface area contributed by atoms with Gasteiger partial charge >= 0.3 is 0 Å². The SMILES string of the molecule is Cc1n[nH]c(C)c1CNCC(=O)NC(C)(C)C.Cl. The number of H-pyrrole nitrogens is 1. The Bertz CT molecular complexity index is 376. The molecule has 1 amide bonds. The van der Waals surface area contributed by atoms with Gasteiger partial charge in [-0.15, -0.1) is 12.4 Å². The van der Waals surface area contributed by atoms with Crippen LogP contribution < -0.4 is 10.6 Å². The average molecular weight is 275 g/mol. The molecule has 0 aliphatic carbocycles. The van der Waals surface area contributed by atoms with Crippen LogP contribution in [0.5, 0.6) is 0 Å². The van der Waals surface area contributed by atoms with Crippen LogP contribution in [-0.2, 0) is 11.3 Å². The van der Waals surface area contributed by atoms with Gasteiger partial charge in [0, 0.05) is 23.3 Å². The molecule has 0 atom stereocenters. The van der Waals surface area contributed by atoms with Crippen molar-refractivity contribution in [2.24, 2.45) is 0 Å². The van der Waals surface area contributed by atoms with Crippen molar-refractivity contribution in [2.45, 2.75) is 46.7 Å². The van der Waals surface area contributed by atoms with Crippen molar-refractivity contribution in [3.05, 3.63) is 17.0 Å². The van der Waals surface area contributed by atoms with Gasteiger partial charge in [-0.2, -0.15) is 5.10 Å². The van der Waals surface area contributed by atoms with E-state index in [9.17, 15) is 4.79 Å². The fourth-order valence-electron chi connectivity index (χ4n) is 1.60. The van der Waals surface area contributed by atoms with Crippen molar-refractivity contribution in [3.8, 4) is 0 Å². The highest BCUT2D eigenvalue weighted by atomic mass is 35.5. The van der Waals surface area contributed by atoms with E-state index in [-0.39, 0.29) is 23.9 Å². The first-order valence-electron chi connectivity index (χ1n) is 5.82. The number of aryl methyl sites for hydroxylation is 2. The number of nitrogens with one attached hydrogen (secondary N) is 3. The van der Waals surface area contributed by atoms with Gasteiger partial charge < -0.3 is 10.6 Å². The molecule has 3 N–H and O–H groups in total. The van der Waals surface area contributed by atoms with E-state index in [1.165, 1.54) is 0 Å². The van der Waals surface area contributed by atoms with Gasteiger partial charge in [0.2, 0.25) is 5.91 Å². The first kappa shape index (κ1) is 16.9. The second-order valence-electron chi connectivity index (χ2n) is 5.31. The van der Waals surface area contributed by atoms with Gasteiger partial charge in [-0.05, 0) is 34.6 Å². The minimum Gasteiger partial charge on any atom is -0.350 e. The van der Waals surface area contributed by atoms with Gasteiger partial charge in [0.1, 0.15) is 0 Å². The van der Waals surface area contributed by atoms with Crippen LogP contribution in [-0.4, -0.2) is 28.2 Å². The monoisotopic (exact) mass is 274 g/mol. The normalized spacial score (nSPS) is 10.9. The predicted molar refractivity (Wildman–Crippen MR) is 74.9 cm³/mol. The molecule has 1 aromatic rings. The lowest BCUT2D eigenvalue weighted by molar-refractivity contribution is -0.121. The average Bonchev–Trinajstić information content (AvgIpc) is 2.46. The summed E-state index contributed by atoms with van der Waals surface area (Å²) in [4.78, 5) is 11.6. The Morgan fingerprint density at radius 2 is 1.94 bits per heavy atom. The molecule has 0 saturated carbocycles. The summed E-state index contributed by atoms with van der Waals surface area (Å²) in [6.07, 6.45) is 0. The molecule has 0 fully saturated rings. The van der Waals surface area contributed by atoms with E-state index in [2.05, 4.69) is 20.8 Å². The minimum atomic E-state index is -0.180. The largest absolute Gasteiger partial charge is 0.350 e. The Kier molecular flexibility index (Phi) is 6.35. The number of carbonyl (C=O) groups excluding carboxylic acids is 1. The Morgan fingerprint density at radius 1 is 1.33 bits per heavy atom. The summed E-state index contributed by atoms with van der Waals surface area (Å²) in [6.45, 7) is 10.8. The van der Waals surface area contributed by atoms with Gasteiger partial charge in [0.05, 0.1) is 12.2 Å². The number of amides is 1. The number of aromatic amines is 1. The molecule has 0 aromatic carbocycles. The van der Waals surface area contributed by atoms with E-state index in [1.54, 1.807) is 0 Å². The molecule has 0 radical (unpaired) electrons. The second kappa shape index (κ2) is 6.75. The van der Waals surface area contributed by atoms with E-state index in [4.69, 9.17) is 0 Å². The maximum atomic E-state index is 11.6. The van der Waals surface area contributed by atoms with Crippen LogP contribution >= 0.6 is 12.4 Å². The Labute approximate surface area is 115 Å². The molecule has 0 aliphatic rings. The Hall–Kier alpha value is -1.07. The van der Waals surface area contributed by atoms with Crippen LogP contribution in [0, 0.1) is 13.8 Å². The summed E-state index contributed by atoms with van der Waals surface area (Å²) in [5.41, 5.74) is 2.98. The highest BCUT2D eigenvalue weighted by Gasteiger charge is 2.13. The minimum absolute atomic E-state index is 0. The molecular formula is C12H23ClN4O. The molecule has 1 rings (SSSR count). The third-order valence-corrected chi connectivity index (χ3v) is 2.38. The smallest absolute Gasteiger partial charge is 0.234 e. The number of rotatable bonds is 4. The lowest BCUT2D eigenvalue weighted by Crippen LogP contribution is -2.44. The van der Waals surface area contributed by atoms with E-state index in [0.717, 1.165) is 17.0 Å². The molecule has 0 saturated heterocycles. The summed E-state index contributed by atoms with van der Waals surface area (Å²) in [6, 6.07) is 0. The summed E-state index contributed by atoms with van der Waals surface area (Å²) >= 11 is 0. The third-order valence-electron chi connectivity index (χ3n) is 2.38. The van der Waals surface area contributed by atoms with Gasteiger partial charge in [-0.25, -0.2) is 0 Å². The molecule has 0 spiro atoms. The number of carbonyl (C=O) groups is 1. The fourth-order valence-corrected chi connectivity index (χ4v) is 1.60. The lowest BCUT2D eigenvalue weighted by atomic mass is 10.1. The maximum absolute atomic E-state index is 11.6. The highest BCUT2D eigenvalue weighted by Crippen LogP contribution is 2.08. The van der Waals surface area contributed by atoms with Crippen LogP contribution in [0.15, 0.2) is 0 Å². The van der Waals surface area contributed by atoms with E-state index in [0.29, 0.717) is 13.1 Å². The summed E-state index contributed by atoms with van der Waals surface area (Å²) < 4.78 is 0. The molecular weight excluding hydrogens is 252 g/mol. The van der Waals surface area contributed by atoms with Gasteiger partial charge in [-0.3, -0.25) is 9.89 Å². The maximum Gasteiger partial charge on any atom is 0.234 e. The zero-order valence-corrected chi connectivity index (χ0v) is 12.5. The molecule has 1 aromatic heterocycles. The van der Waals surface area contributed by atoms with Crippen molar-refractivity contribution in [1.82, 2.24) is 20.8 Å². The van der Waals surface area contributed by atoms with E-state index >= 15 is 0 Å². The number of hydrogen-bond acceptors (Lipinski definition) is 3. The van der Waals surface area contributed by atoms with Crippen molar-refractivity contribution in [1.29, 1.82) is 0 Å².